The Morgan fingerprint density at radius 1 is 1.15 bits per heavy atom. The molecule has 0 fully saturated rings. The van der Waals surface area contributed by atoms with Crippen LogP contribution in [0, 0.1) is 5.92 Å². The molecule has 0 bridgehead atoms. The van der Waals surface area contributed by atoms with Crippen LogP contribution in [0.15, 0.2) is 42.5 Å². The van der Waals surface area contributed by atoms with Crippen LogP contribution < -0.4 is 20.1 Å². The minimum atomic E-state index is -0.174. The van der Waals surface area contributed by atoms with Gasteiger partial charge in [0, 0.05) is 24.6 Å². The Hall–Kier alpha value is -3.02. The first kappa shape index (κ1) is 18.8. The molecule has 0 aromatic heterocycles. The molecule has 142 valence electrons. The quantitative estimate of drug-likeness (QED) is 0.788. The summed E-state index contributed by atoms with van der Waals surface area (Å²) in [6.07, 6.45) is 1.51. The minimum Gasteiger partial charge on any atom is -0.493 e. The van der Waals surface area contributed by atoms with E-state index < -0.39 is 0 Å². The van der Waals surface area contributed by atoms with Crippen molar-refractivity contribution in [3.8, 4) is 11.5 Å². The highest BCUT2D eigenvalue weighted by Gasteiger charge is 2.26. The Labute approximate surface area is 158 Å². The first-order valence-electron chi connectivity index (χ1n) is 8.97. The lowest BCUT2D eigenvalue weighted by Crippen LogP contribution is -2.31. The second-order valence-electron chi connectivity index (χ2n) is 6.55. The van der Waals surface area contributed by atoms with E-state index in [1.807, 2.05) is 42.5 Å². The SMILES string of the molecule is COc1ccc(CNC(=O)CCC2Cc3ccccc3NC2=O)cc1OC. The maximum atomic E-state index is 12.2. The van der Waals surface area contributed by atoms with E-state index in [2.05, 4.69) is 10.6 Å². The summed E-state index contributed by atoms with van der Waals surface area (Å²) in [6.45, 7) is 0.402. The summed E-state index contributed by atoms with van der Waals surface area (Å²) in [6, 6.07) is 13.3. The van der Waals surface area contributed by atoms with E-state index in [9.17, 15) is 9.59 Å². The van der Waals surface area contributed by atoms with Gasteiger partial charge in [-0.1, -0.05) is 24.3 Å². The number of hydrogen-bond acceptors (Lipinski definition) is 4. The Balaban J connectivity index is 1.50. The number of fused-ring (bicyclic) bond motifs is 1. The second kappa shape index (κ2) is 8.58. The third-order valence-electron chi connectivity index (χ3n) is 4.77. The molecule has 6 nitrogen and oxygen atoms in total. The minimum absolute atomic E-state index is 0.0126. The molecule has 1 unspecified atom stereocenters. The van der Waals surface area contributed by atoms with Gasteiger partial charge in [-0.25, -0.2) is 0 Å². The van der Waals surface area contributed by atoms with Crippen LogP contribution in [-0.4, -0.2) is 26.0 Å². The van der Waals surface area contributed by atoms with Crippen LogP contribution in [0.1, 0.15) is 24.0 Å². The van der Waals surface area contributed by atoms with Gasteiger partial charge in [0.05, 0.1) is 14.2 Å². The van der Waals surface area contributed by atoms with Crippen molar-refractivity contribution in [1.29, 1.82) is 0 Å². The highest BCUT2D eigenvalue weighted by atomic mass is 16.5. The Morgan fingerprint density at radius 3 is 2.70 bits per heavy atom. The summed E-state index contributed by atoms with van der Waals surface area (Å²) >= 11 is 0. The predicted octanol–water partition coefficient (Wildman–Crippen LogP) is 2.91. The maximum Gasteiger partial charge on any atom is 0.227 e. The number of nitrogens with one attached hydrogen (secondary N) is 2. The first-order chi connectivity index (χ1) is 13.1. The van der Waals surface area contributed by atoms with Crippen LogP contribution in [0.4, 0.5) is 5.69 Å². The lowest BCUT2D eigenvalue weighted by molar-refractivity contribution is -0.122. The number of methoxy groups -OCH3 is 2. The average molecular weight is 368 g/mol. The monoisotopic (exact) mass is 368 g/mol. The number of para-hydroxylation sites is 1. The number of amides is 2. The van der Waals surface area contributed by atoms with Gasteiger partial charge in [0.2, 0.25) is 11.8 Å². The van der Waals surface area contributed by atoms with E-state index in [0.717, 1.165) is 16.8 Å². The predicted molar refractivity (Wildman–Crippen MR) is 103 cm³/mol. The van der Waals surface area contributed by atoms with Crippen molar-refractivity contribution in [2.75, 3.05) is 19.5 Å². The number of benzene rings is 2. The summed E-state index contributed by atoms with van der Waals surface area (Å²) in [5, 5.41) is 5.81. The molecule has 2 aromatic carbocycles. The molecular formula is C21H24N2O4. The molecule has 2 N–H and O–H groups in total. The Bertz CT molecular complexity index is 835. The van der Waals surface area contributed by atoms with E-state index >= 15 is 0 Å². The first-order valence-corrected chi connectivity index (χ1v) is 8.97. The van der Waals surface area contributed by atoms with Crippen molar-refractivity contribution in [2.24, 2.45) is 5.92 Å². The summed E-state index contributed by atoms with van der Waals surface area (Å²) in [4.78, 5) is 24.4. The van der Waals surface area contributed by atoms with E-state index in [4.69, 9.17) is 9.47 Å². The van der Waals surface area contributed by atoms with E-state index in [1.165, 1.54) is 0 Å². The Morgan fingerprint density at radius 2 is 1.93 bits per heavy atom. The molecule has 1 atom stereocenters. The fourth-order valence-corrected chi connectivity index (χ4v) is 3.23. The van der Waals surface area contributed by atoms with Crippen molar-refractivity contribution in [1.82, 2.24) is 5.32 Å². The summed E-state index contributed by atoms with van der Waals surface area (Å²) in [5.41, 5.74) is 2.91. The van der Waals surface area contributed by atoms with Crippen LogP contribution >= 0.6 is 0 Å². The summed E-state index contributed by atoms with van der Waals surface area (Å²) < 4.78 is 10.5. The number of anilines is 1. The number of hydrogen-bond donors (Lipinski definition) is 2. The average Bonchev–Trinajstić information content (AvgIpc) is 2.70. The normalized spacial score (nSPS) is 15.5. The summed E-state index contributed by atoms with van der Waals surface area (Å²) in [5.74, 6) is 1.02. The molecule has 3 rings (SSSR count). The largest absolute Gasteiger partial charge is 0.493 e. The van der Waals surface area contributed by atoms with Crippen LogP contribution in [-0.2, 0) is 22.6 Å². The van der Waals surface area contributed by atoms with Gasteiger partial charge in [-0.15, -0.1) is 0 Å². The topological polar surface area (TPSA) is 76.7 Å². The third-order valence-corrected chi connectivity index (χ3v) is 4.77. The third kappa shape index (κ3) is 4.58. The van der Waals surface area contributed by atoms with Crippen molar-refractivity contribution < 1.29 is 19.1 Å². The standard InChI is InChI=1S/C21H24N2O4/c1-26-18-9-7-14(11-19(18)27-2)13-22-20(24)10-8-16-12-15-5-3-4-6-17(15)23-21(16)25/h3-7,9,11,16H,8,10,12-13H2,1-2H3,(H,22,24)(H,23,25). The second-order valence-corrected chi connectivity index (χ2v) is 6.55. The van der Waals surface area contributed by atoms with Gasteiger partial charge in [-0.05, 0) is 42.2 Å². The molecule has 0 aliphatic carbocycles. The molecule has 6 heteroatoms. The van der Waals surface area contributed by atoms with Crippen LogP contribution in [0.2, 0.25) is 0 Å². The van der Waals surface area contributed by atoms with Crippen molar-refractivity contribution >= 4 is 17.5 Å². The van der Waals surface area contributed by atoms with Gasteiger partial charge in [0.25, 0.3) is 0 Å². The molecule has 1 heterocycles. The zero-order valence-electron chi connectivity index (χ0n) is 15.6. The van der Waals surface area contributed by atoms with Crippen molar-refractivity contribution in [3.05, 3.63) is 53.6 Å². The molecule has 0 spiro atoms. The van der Waals surface area contributed by atoms with Crippen LogP contribution in [0.5, 0.6) is 11.5 Å². The van der Waals surface area contributed by atoms with Gasteiger partial charge < -0.3 is 20.1 Å². The van der Waals surface area contributed by atoms with E-state index in [1.54, 1.807) is 14.2 Å². The number of carbonyl (C=O) groups excluding carboxylic acids is 2. The lowest BCUT2D eigenvalue weighted by atomic mass is 9.89. The van der Waals surface area contributed by atoms with E-state index in [-0.39, 0.29) is 17.7 Å². The zero-order valence-corrected chi connectivity index (χ0v) is 15.6. The van der Waals surface area contributed by atoms with Gasteiger partial charge in [0.1, 0.15) is 0 Å². The van der Waals surface area contributed by atoms with Crippen molar-refractivity contribution in [3.63, 3.8) is 0 Å². The van der Waals surface area contributed by atoms with Gasteiger partial charge in [0.15, 0.2) is 11.5 Å². The molecule has 2 amide bonds. The maximum absolute atomic E-state index is 12.2. The molecule has 0 radical (unpaired) electrons. The molecular weight excluding hydrogens is 344 g/mol. The fourth-order valence-electron chi connectivity index (χ4n) is 3.23. The zero-order chi connectivity index (χ0) is 19.2. The number of carbonyl (C=O) groups is 2. The molecule has 27 heavy (non-hydrogen) atoms. The van der Waals surface area contributed by atoms with Gasteiger partial charge in [-0.2, -0.15) is 0 Å². The fraction of sp³-hybridized carbons (Fsp3) is 0.333. The van der Waals surface area contributed by atoms with Gasteiger partial charge >= 0.3 is 0 Å². The van der Waals surface area contributed by atoms with E-state index in [0.29, 0.717) is 37.3 Å². The molecule has 0 saturated carbocycles. The Kier molecular flexibility index (Phi) is 5.96. The molecule has 2 aromatic rings. The summed E-state index contributed by atoms with van der Waals surface area (Å²) in [7, 11) is 3.16. The van der Waals surface area contributed by atoms with Crippen LogP contribution in [0.3, 0.4) is 0 Å². The molecule has 1 aliphatic rings. The van der Waals surface area contributed by atoms with Gasteiger partial charge in [-0.3, -0.25) is 9.59 Å². The molecule has 1 aliphatic heterocycles. The smallest absolute Gasteiger partial charge is 0.227 e. The van der Waals surface area contributed by atoms with Crippen molar-refractivity contribution in [2.45, 2.75) is 25.8 Å². The highest BCUT2D eigenvalue weighted by Crippen LogP contribution is 2.28. The highest BCUT2D eigenvalue weighted by molar-refractivity contribution is 5.96. The lowest BCUT2D eigenvalue weighted by Gasteiger charge is -2.24. The molecule has 0 saturated heterocycles. The number of rotatable bonds is 7. The number of ether oxygens (including phenoxy) is 2. The van der Waals surface area contributed by atoms with Crippen LogP contribution in [0.25, 0.3) is 0 Å².